The molecule has 0 atom stereocenters. The molecule has 26 heavy (non-hydrogen) atoms. The highest BCUT2D eigenvalue weighted by molar-refractivity contribution is 5.74. The Labute approximate surface area is 153 Å². The lowest BCUT2D eigenvalue weighted by Gasteiger charge is -2.08. The van der Waals surface area contributed by atoms with Gasteiger partial charge in [0.1, 0.15) is 5.82 Å². The van der Waals surface area contributed by atoms with Crippen molar-refractivity contribution in [1.29, 1.82) is 0 Å². The van der Waals surface area contributed by atoms with Crippen LogP contribution in [0.15, 0.2) is 18.3 Å². The molecular formula is C17H27N3O6. The Hall–Kier alpha value is -2.07. The number of ether oxygens (including phenoxy) is 4. The minimum atomic E-state index is 0.477. The summed E-state index contributed by atoms with van der Waals surface area (Å²) in [5, 5.41) is 5.60. The van der Waals surface area contributed by atoms with Crippen LogP contribution in [0.4, 0.5) is 5.82 Å². The van der Waals surface area contributed by atoms with Gasteiger partial charge in [-0.2, -0.15) is 0 Å². The third-order valence-corrected chi connectivity index (χ3v) is 3.07. The summed E-state index contributed by atoms with van der Waals surface area (Å²) in [7, 11) is 0. The fraction of sp³-hybridized carbons (Fsp3) is 0.588. The molecule has 146 valence electrons. The fourth-order valence-corrected chi connectivity index (χ4v) is 1.78. The highest BCUT2D eigenvalue weighted by atomic mass is 16.6. The number of rotatable bonds is 18. The minimum Gasteiger partial charge on any atom is -0.377 e. The molecule has 0 unspecified atom stereocenters. The molecule has 9 heteroatoms. The molecule has 0 spiro atoms. The van der Waals surface area contributed by atoms with Crippen molar-refractivity contribution in [2.75, 3.05) is 71.3 Å². The van der Waals surface area contributed by atoms with E-state index in [1.807, 2.05) is 0 Å². The molecule has 0 aliphatic heterocycles. The number of aromatic nitrogens is 1. The van der Waals surface area contributed by atoms with Crippen LogP contribution in [0.5, 0.6) is 0 Å². The second-order valence-corrected chi connectivity index (χ2v) is 5.04. The van der Waals surface area contributed by atoms with Gasteiger partial charge in [-0.25, -0.2) is 4.98 Å². The molecule has 2 N–H and O–H groups in total. The van der Waals surface area contributed by atoms with E-state index < -0.39 is 0 Å². The number of aldehydes is 1. The van der Waals surface area contributed by atoms with Gasteiger partial charge < -0.3 is 29.6 Å². The maximum absolute atomic E-state index is 10.5. The molecule has 0 bridgehead atoms. The number of nitrogens with zero attached hydrogens (tertiary/aromatic N) is 1. The molecular weight excluding hydrogens is 342 g/mol. The number of hydrogen-bond donors (Lipinski definition) is 2. The fourth-order valence-electron chi connectivity index (χ4n) is 1.78. The second-order valence-electron chi connectivity index (χ2n) is 5.04. The first-order valence-electron chi connectivity index (χ1n) is 8.50. The van der Waals surface area contributed by atoms with E-state index in [2.05, 4.69) is 15.6 Å². The molecule has 9 nitrogen and oxygen atoms in total. The summed E-state index contributed by atoms with van der Waals surface area (Å²) < 4.78 is 21.4. The molecule has 1 aromatic rings. The first-order chi connectivity index (χ1) is 12.9. The molecule has 0 aliphatic rings. The van der Waals surface area contributed by atoms with E-state index in [1.54, 1.807) is 12.1 Å². The number of nitrogens with one attached hydrogen (secondary N) is 2. The predicted molar refractivity (Wildman–Crippen MR) is 95.5 cm³/mol. The van der Waals surface area contributed by atoms with Gasteiger partial charge in [0.2, 0.25) is 6.41 Å². The number of pyridine rings is 1. The molecule has 0 saturated carbocycles. The number of hydrogen-bond acceptors (Lipinski definition) is 8. The standard InChI is InChI=1S/C17H27N3O6/c21-14-16-1-2-17(20-13-16)19-4-6-24-8-10-26-12-11-25-9-7-23-5-3-18-15-22/h1-2,13-15H,3-12H2,(H,18,22)(H,19,20). The predicted octanol–water partition coefficient (Wildman–Crippen LogP) is 0.118. The monoisotopic (exact) mass is 369 g/mol. The van der Waals surface area contributed by atoms with E-state index in [-0.39, 0.29) is 0 Å². The average molecular weight is 369 g/mol. The zero-order chi connectivity index (χ0) is 18.7. The summed E-state index contributed by atoms with van der Waals surface area (Å²) in [5.74, 6) is 0.705. The Bertz CT molecular complexity index is 472. The lowest BCUT2D eigenvalue weighted by atomic mass is 10.3. The van der Waals surface area contributed by atoms with Gasteiger partial charge in [0, 0.05) is 24.8 Å². The maximum Gasteiger partial charge on any atom is 0.207 e. The third kappa shape index (κ3) is 12.3. The van der Waals surface area contributed by atoms with Crippen LogP contribution in [0.3, 0.4) is 0 Å². The average Bonchev–Trinajstić information content (AvgIpc) is 2.68. The Kier molecular flexibility index (Phi) is 13.9. The number of carbonyl (C=O) groups is 2. The summed E-state index contributed by atoms with van der Waals surface area (Å²) >= 11 is 0. The quantitative estimate of drug-likeness (QED) is 0.277. The van der Waals surface area contributed by atoms with Gasteiger partial charge in [-0.3, -0.25) is 9.59 Å². The van der Waals surface area contributed by atoms with E-state index in [9.17, 15) is 9.59 Å². The van der Waals surface area contributed by atoms with Crippen LogP contribution in [-0.4, -0.2) is 83.6 Å². The van der Waals surface area contributed by atoms with Gasteiger partial charge in [-0.05, 0) is 12.1 Å². The Morgan fingerprint density at radius 1 is 0.808 bits per heavy atom. The molecule has 1 heterocycles. The van der Waals surface area contributed by atoms with Gasteiger partial charge in [-0.1, -0.05) is 0 Å². The van der Waals surface area contributed by atoms with E-state index >= 15 is 0 Å². The molecule has 1 rings (SSSR count). The van der Waals surface area contributed by atoms with Gasteiger partial charge in [0.05, 0.1) is 52.9 Å². The molecule has 0 radical (unpaired) electrons. The summed E-state index contributed by atoms with van der Waals surface area (Å²) in [4.78, 5) is 24.6. The van der Waals surface area contributed by atoms with E-state index in [0.29, 0.717) is 83.7 Å². The number of amides is 1. The number of anilines is 1. The van der Waals surface area contributed by atoms with E-state index in [1.165, 1.54) is 6.20 Å². The van der Waals surface area contributed by atoms with E-state index in [0.717, 1.165) is 6.29 Å². The molecule has 1 aromatic heterocycles. The molecule has 0 saturated heterocycles. The normalized spacial score (nSPS) is 10.5. The smallest absolute Gasteiger partial charge is 0.207 e. The first kappa shape index (κ1) is 22.0. The lowest BCUT2D eigenvalue weighted by molar-refractivity contribution is -0.109. The molecule has 0 aliphatic carbocycles. The SMILES string of the molecule is O=CNCCOCCOCCOCCOCCNc1ccc(C=O)cn1. The Morgan fingerprint density at radius 2 is 1.38 bits per heavy atom. The van der Waals surface area contributed by atoms with Crippen molar-refractivity contribution in [3.8, 4) is 0 Å². The Balaban J connectivity index is 1.78. The van der Waals surface area contributed by atoms with Gasteiger partial charge in [0.15, 0.2) is 6.29 Å². The van der Waals surface area contributed by atoms with Crippen molar-refractivity contribution in [3.63, 3.8) is 0 Å². The summed E-state index contributed by atoms with van der Waals surface area (Å²) in [6.07, 6.45) is 2.92. The zero-order valence-electron chi connectivity index (χ0n) is 14.9. The summed E-state index contributed by atoms with van der Waals surface area (Å²) in [5.41, 5.74) is 0.548. The summed E-state index contributed by atoms with van der Waals surface area (Å²) in [6.45, 7) is 5.14. The van der Waals surface area contributed by atoms with Crippen molar-refractivity contribution >= 4 is 18.5 Å². The van der Waals surface area contributed by atoms with Crippen LogP contribution in [0.25, 0.3) is 0 Å². The zero-order valence-corrected chi connectivity index (χ0v) is 14.9. The summed E-state index contributed by atoms with van der Waals surface area (Å²) in [6, 6.07) is 3.45. The van der Waals surface area contributed by atoms with Crippen molar-refractivity contribution < 1.29 is 28.5 Å². The van der Waals surface area contributed by atoms with Crippen LogP contribution >= 0.6 is 0 Å². The van der Waals surface area contributed by atoms with Gasteiger partial charge in [-0.15, -0.1) is 0 Å². The van der Waals surface area contributed by atoms with Crippen LogP contribution in [-0.2, 0) is 23.7 Å². The highest BCUT2D eigenvalue weighted by Crippen LogP contribution is 2.02. The largest absolute Gasteiger partial charge is 0.377 e. The molecule has 1 amide bonds. The van der Waals surface area contributed by atoms with Gasteiger partial charge in [0.25, 0.3) is 0 Å². The van der Waals surface area contributed by atoms with Crippen LogP contribution in [0.2, 0.25) is 0 Å². The van der Waals surface area contributed by atoms with E-state index in [4.69, 9.17) is 18.9 Å². The molecule has 0 fully saturated rings. The highest BCUT2D eigenvalue weighted by Gasteiger charge is 1.95. The lowest BCUT2D eigenvalue weighted by Crippen LogP contribution is -2.19. The number of carbonyl (C=O) groups excluding carboxylic acids is 2. The first-order valence-corrected chi connectivity index (χ1v) is 8.50. The van der Waals surface area contributed by atoms with Crippen molar-refractivity contribution in [1.82, 2.24) is 10.3 Å². The van der Waals surface area contributed by atoms with Crippen LogP contribution < -0.4 is 10.6 Å². The minimum absolute atomic E-state index is 0.477. The van der Waals surface area contributed by atoms with Gasteiger partial charge >= 0.3 is 0 Å². The Morgan fingerprint density at radius 3 is 1.88 bits per heavy atom. The second kappa shape index (κ2) is 16.4. The maximum atomic E-state index is 10.5. The topological polar surface area (TPSA) is 108 Å². The van der Waals surface area contributed by atoms with Crippen molar-refractivity contribution in [2.24, 2.45) is 0 Å². The van der Waals surface area contributed by atoms with Crippen LogP contribution in [0.1, 0.15) is 10.4 Å². The molecule has 0 aromatic carbocycles. The third-order valence-electron chi connectivity index (χ3n) is 3.07. The van der Waals surface area contributed by atoms with Crippen molar-refractivity contribution in [3.05, 3.63) is 23.9 Å². The van der Waals surface area contributed by atoms with Crippen molar-refractivity contribution in [2.45, 2.75) is 0 Å². The van der Waals surface area contributed by atoms with Crippen LogP contribution in [0, 0.1) is 0 Å².